The lowest BCUT2D eigenvalue weighted by Crippen LogP contribution is -2.30. The number of primary amides is 1. The molecule has 0 aromatic heterocycles. The van der Waals surface area contributed by atoms with Gasteiger partial charge in [0.1, 0.15) is 0 Å². The van der Waals surface area contributed by atoms with Gasteiger partial charge in [-0.2, -0.15) is 0 Å². The Hall–Kier alpha value is -0.610. The summed E-state index contributed by atoms with van der Waals surface area (Å²) in [4.78, 5) is 10.1. The maximum absolute atomic E-state index is 10.1. The normalized spacial score (nSPS) is 13.1. The molecule has 54 valence electrons. The molecule has 0 aliphatic rings. The molecular formula is C5H13N3O. The molecule has 9 heavy (non-hydrogen) atoms. The van der Waals surface area contributed by atoms with E-state index in [1.54, 1.807) is 0 Å². The zero-order chi connectivity index (χ0) is 7.28. The number of nitrogens with two attached hydrogens (primary N) is 3. The summed E-state index contributed by atoms with van der Waals surface area (Å²) in [5.74, 6) is -0.320. The van der Waals surface area contributed by atoms with E-state index in [2.05, 4.69) is 0 Å². The lowest BCUT2D eigenvalue weighted by Gasteiger charge is -2.04. The highest BCUT2D eigenvalue weighted by atomic mass is 16.1. The quantitative estimate of drug-likeness (QED) is 0.435. The third-order valence-corrected chi connectivity index (χ3v) is 1.06. The lowest BCUT2D eigenvalue weighted by molar-refractivity contribution is -0.118. The van der Waals surface area contributed by atoms with Crippen LogP contribution in [0.3, 0.4) is 0 Å². The van der Waals surface area contributed by atoms with Crippen LogP contribution in [0.5, 0.6) is 0 Å². The van der Waals surface area contributed by atoms with Crippen LogP contribution in [-0.2, 0) is 4.79 Å². The van der Waals surface area contributed by atoms with Crippen molar-refractivity contribution in [3.05, 3.63) is 0 Å². The Bertz CT molecular complexity index is 94.2. The van der Waals surface area contributed by atoms with Gasteiger partial charge in [-0.15, -0.1) is 0 Å². The molecule has 0 radical (unpaired) electrons. The van der Waals surface area contributed by atoms with Gasteiger partial charge >= 0.3 is 0 Å². The van der Waals surface area contributed by atoms with Gasteiger partial charge < -0.3 is 17.2 Å². The first-order chi connectivity index (χ1) is 4.16. The summed E-state index contributed by atoms with van der Waals surface area (Å²) in [6, 6.07) is -0.0856. The molecule has 0 saturated heterocycles. The molecule has 0 spiro atoms. The molecule has 0 saturated carbocycles. The van der Waals surface area contributed by atoms with Crippen LogP contribution < -0.4 is 17.2 Å². The van der Waals surface area contributed by atoms with Gasteiger partial charge in [0.25, 0.3) is 0 Å². The van der Waals surface area contributed by atoms with Crippen LogP contribution in [0.4, 0.5) is 0 Å². The van der Waals surface area contributed by atoms with E-state index in [4.69, 9.17) is 17.2 Å². The lowest BCUT2D eigenvalue weighted by atomic mass is 10.2. The zero-order valence-corrected chi connectivity index (χ0v) is 5.34. The summed E-state index contributed by atoms with van der Waals surface area (Å²) in [5, 5.41) is 0. The number of carbonyl (C=O) groups excluding carboxylic acids is 1. The Labute approximate surface area is 54.4 Å². The third kappa shape index (κ3) is 5.26. The summed E-state index contributed by atoms with van der Waals surface area (Å²) < 4.78 is 0. The molecule has 0 aromatic carbocycles. The minimum Gasteiger partial charge on any atom is -0.370 e. The van der Waals surface area contributed by atoms with Crippen molar-refractivity contribution >= 4 is 5.91 Å². The Morgan fingerprint density at radius 2 is 2.11 bits per heavy atom. The molecule has 0 fully saturated rings. The molecule has 4 heteroatoms. The molecule has 4 nitrogen and oxygen atoms in total. The highest BCUT2D eigenvalue weighted by Gasteiger charge is 2.00. The van der Waals surface area contributed by atoms with E-state index in [1.807, 2.05) is 0 Å². The van der Waals surface area contributed by atoms with Gasteiger partial charge in [0, 0.05) is 19.0 Å². The van der Waals surface area contributed by atoms with Gasteiger partial charge in [0.05, 0.1) is 0 Å². The van der Waals surface area contributed by atoms with Crippen molar-refractivity contribution in [3.8, 4) is 0 Å². The summed E-state index contributed by atoms with van der Waals surface area (Å²) in [5.41, 5.74) is 15.4. The molecular weight excluding hydrogens is 118 g/mol. The van der Waals surface area contributed by atoms with Crippen LogP contribution in [0.15, 0.2) is 0 Å². The summed E-state index contributed by atoms with van der Waals surface area (Å²) in [6.45, 7) is 0.410. The summed E-state index contributed by atoms with van der Waals surface area (Å²) >= 11 is 0. The average Bonchev–Trinajstić information content (AvgIpc) is 1.83. The minimum absolute atomic E-state index is 0.0856. The smallest absolute Gasteiger partial charge is 0.217 e. The van der Waals surface area contributed by atoms with Gasteiger partial charge in [-0.05, 0) is 6.42 Å². The molecule has 0 heterocycles. The van der Waals surface area contributed by atoms with Crippen molar-refractivity contribution in [2.24, 2.45) is 17.2 Å². The fraction of sp³-hybridized carbons (Fsp3) is 0.800. The third-order valence-electron chi connectivity index (χ3n) is 1.06. The van der Waals surface area contributed by atoms with Crippen molar-refractivity contribution in [2.75, 3.05) is 6.54 Å². The Kier molecular flexibility index (Phi) is 4.00. The fourth-order valence-electron chi connectivity index (χ4n) is 0.446. The van der Waals surface area contributed by atoms with Crippen LogP contribution >= 0.6 is 0 Å². The van der Waals surface area contributed by atoms with Crippen LogP contribution in [0, 0.1) is 0 Å². The van der Waals surface area contributed by atoms with E-state index in [0.717, 1.165) is 0 Å². The second-order valence-corrected chi connectivity index (χ2v) is 2.00. The SMILES string of the molecule is NC[C@@H](N)CCC(N)=O. The van der Waals surface area contributed by atoms with Gasteiger partial charge in [-0.25, -0.2) is 0 Å². The Balaban J connectivity index is 3.16. The summed E-state index contributed by atoms with van der Waals surface area (Å²) in [6.07, 6.45) is 0.921. The van der Waals surface area contributed by atoms with Crippen LogP contribution in [0.25, 0.3) is 0 Å². The number of hydrogen-bond donors (Lipinski definition) is 3. The fourth-order valence-corrected chi connectivity index (χ4v) is 0.446. The topological polar surface area (TPSA) is 95.1 Å². The van der Waals surface area contributed by atoms with Crippen LogP contribution in [-0.4, -0.2) is 18.5 Å². The van der Waals surface area contributed by atoms with E-state index in [-0.39, 0.29) is 11.9 Å². The van der Waals surface area contributed by atoms with Crippen molar-refractivity contribution in [2.45, 2.75) is 18.9 Å². The predicted octanol–water partition coefficient (Wildman–Crippen LogP) is -1.46. The average molecular weight is 131 g/mol. The molecule has 1 atom stereocenters. The zero-order valence-electron chi connectivity index (χ0n) is 5.34. The van der Waals surface area contributed by atoms with E-state index in [9.17, 15) is 4.79 Å². The molecule has 0 aliphatic carbocycles. The maximum Gasteiger partial charge on any atom is 0.217 e. The van der Waals surface area contributed by atoms with E-state index in [0.29, 0.717) is 19.4 Å². The molecule has 0 aliphatic heterocycles. The highest BCUT2D eigenvalue weighted by Crippen LogP contribution is 1.89. The van der Waals surface area contributed by atoms with Gasteiger partial charge in [0.15, 0.2) is 0 Å². The van der Waals surface area contributed by atoms with Crippen LogP contribution in [0.2, 0.25) is 0 Å². The minimum atomic E-state index is -0.320. The summed E-state index contributed by atoms with van der Waals surface area (Å²) in [7, 11) is 0. The molecule has 0 unspecified atom stereocenters. The van der Waals surface area contributed by atoms with Gasteiger partial charge in [-0.1, -0.05) is 0 Å². The van der Waals surface area contributed by atoms with Crippen LogP contribution in [0.1, 0.15) is 12.8 Å². The Morgan fingerprint density at radius 1 is 1.56 bits per heavy atom. The maximum atomic E-state index is 10.1. The number of rotatable bonds is 4. The number of amides is 1. The first kappa shape index (κ1) is 8.39. The highest BCUT2D eigenvalue weighted by molar-refractivity contribution is 5.73. The molecule has 0 rings (SSSR count). The standard InChI is InChI=1S/C5H13N3O/c6-3-4(7)1-2-5(8)9/h4H,1-3,6-7H2,(H2,8,9)/t4-/m0/s1. The Morgan fingerprint density at radius 3 is 2.44 bits per heavy atom. The van der Waals surface area contributed by atoms with Gasteiger partial charge in [-0.3, -0.25) is 4.79 Å². The van der Waals surface area contributed by atoms with Crippen molar-refractivity contribution in [1.82, 2.24) is 0 Å². The van der Waals surface area contributed by atoms with E-state index < -0.39 is 0 Å². The molecule has 0 bridgehead atoms. The first-order valence-electron chi connectivity index (χ1n) is 2.90. The predicted molar refractivity (Wildman–Crippen MR) is 35.5 cm³/mol. The number of hydrogen-bond acceptors (Lipinski definition) is 3. The number of carbonyl (C=O) groups is 1. The molecule has 6 N–H and O–H groups in total. The second-order valence-electron chi connectivity index (χ2n) is 2.00. The largest absolute Gasteiger partial charge is 0.370 e. The van der Waals surface area contributed by atoms with Crippen molar-refractivity contribution in [3.63, 3.8) is 0 Å². The second kappa shape index (κ2) is 4.29. The molecule has 1 amide bonds. The first-order valence-corrected chi connectivity index (χ1v) is 2.90. The van der Waals surface area contributed by atoms with Crippen molar-refractivity contribution < 1.29 is 4.79 Å². The van der Waals surface area contributed by atoms with Crippen molar-refractivity contribution in [1.29, 1.82) is 0 Å². The molecule has 0 aromatic rings. The monoisotopic (exact) mass is 131 g/mol. The van der Waals surface area contributed by atoms with Gasteiger partial charge in [0.2, 0.25) is 5.91 Å². The van der Waals surface area contributed by atoms with E-state index >= 15 is 0 Å². The van der Waals surface area contributed by atoms with E-state index in [1.165, 1.54) is 0 Å².